The third-order valence-corrected chi connectivity index (χ3v) is 2.61. The Kier molecular flexibility index (Phi) is 6.01. The summed E-state index contributed by atoms with van der Waals surface area (Å²) in [6, 6.07) is 0. The van der Waals surface area contributed by atoms with Crippen molar-refractivity contribution in [1.29, 1.82) is 0 Å². The van der Waals surface area contributed by atoms with Crippen molar-refractivity contribution in [2.75, 3.05) is 25.1 Å². The molecule has 0 aliphatic rings. The summed E-state index contributed by atoms with van der Waals surface area (Å²) in [5.74, 6) is 0.425. The highest BCUT2D eigenvalue weighted by Crippen LogP contribution is 2.27. The molecule has 106 valence electrons. The number of nitro groups is 1. The maximum Gasteiger partial charge on any atom is 0.333 e. The maximum atomic E-state index is 11.1. The molecule has 0 aromatic carbocycles. The predicted octanol–water partition coefficient (Wildman–Crippen LogP) is 1.90. The molecule has 1 aromatic heterocycles. The average molecular weight is 268 g/mol. The fourth-order valence-corrected chi connectivity index (χ4v) is 1.71. The van der Waals surface area contributed by atoms with Crippen molar-refractivity contribution < 1.29 is 9.66 Å². The van der Waals surface area contributed by atoms with E-state index in [1.165, 1.54) is 4.68 Å². The van der Waals surface area contributed by atoms with E-state index in [-0.39, 0.29) is 5.69 Å². The van der Waals surface area contributed by atoms with Crippen LogP contribution in [0.1, 0.15) is 19.0 Å². The van der Waals surface area contributed by atoms with E-state index in [2.05, 4.69) is 17.0 Å². The summed E-state index contributed by atoms with van der Waals surface area (Å²) in [4.78, 5) is 10.7. The summed E-state index contributed by atoms with van der Waals surface area (Å²) < 4.78 is 6.84. The lowest BCUT2D eigenvalue weighted by Crippen LogP contribution is -2.13. The number of hydrogen-bond donors (Lipinski definition) is 1. The van der Waals surface area contributed by atoms with Gasteiger partial charge in [-0.3, -0.25) is 10.1 Å². The van der Waals surface area contributed by atoms with E-state index in [1.54, 1.807) is 13.1 Å². The average Bonchev–Trinajstić information content (AvgIpc) is 2.70. The largest absolute Gasteiger partial charge is 0.379 e. The highest BCUT2D eigenvalue weighted by atomic mass is 16.6. The number of aryl methyl sites for hydroxylation is 2. The van der Waals surface area contributed by atoms with Gasteiger partial charge in [0.25, 0.3) is 0 Å². The topological polar surface area (TPSA) is 82.2 Å². The SMILES string of the molecule is C=CCCOCCNc1c([N+](=O)[O-])c(CC)nn1C. The van der Waals surface area contributed by atoms with Crippen molar-refractivity contribution in [2.45, 2.75) is 19.8 Å². The van der Waals surface area contributed by atoms with Crippen LogP contribution in [0.5, 0.6) is 0 Å². The van der Waals surface area contributed by atoms with Gasteiger partial charge in [-0.2, -0.15) is 5.10 Å². The molecule has 0 radical (unpaired) electrons. The summed E-state index contributed by atoms with van der Waals surface area (Å²) in [6.45, 7) is 7.04. The molecule has 19 heavy (non-hydrogen) atoms. The first-order valence-electron chi connectivity index (χ1n) is 6.24. The molecule has 0 fully saturated rings. The molecule has 7 nitrogen and oxygen atoms in total. The molecule has 1 N–H and O–H groups in total. The van der Waals surface area contributed by atoms with Crippen LogP contribution in [0, 0.1) is 10.1 Å². The zero-order valence-corrected chi connectivity index (χ0v) is 11.4. The Hall–Kier alpha value is -1.89. The zero-order valence-electron chi connectivity index (χ0n) is 11.4. The molecule has 1 heterocycles. The highest BCUT2D eigenvalue weighted by molar-refractivity contribution is 5.59. The Morgan fingerprint density at radius 1 is 1.58 bits per heavy atom. The van der Waals surface area contributed by atoms with Gasteiger partial charge in [-0.25, -0.2) is 4.68 Å². The minimum atomic E-state index is -0.396. The number of aromatic nitrogens is 2. The quantitative estimate of drug-likeness (QED) is 0.320. The van der Waals surface area contributed by atoms with E-state index in [4.69, 9.17) is 4.74 Å². The van der Waals surface area contributed by atoms with Gasteiger partial charge in [0.05, 0.1) is 18.1 Å². The smallest absolute Gasteiger partial charge is 0.333 e. The fraction of sp³-hybridized carbons (Fsp3) is 0.583. The summed E-state index contributed by atoms with van der Waals surface area (Å²) >= 11 is 0. The van der Waals surface area contributed by atoms with E-state index >= 15 is 0 Å². The van der Waals surface area contributed by atoms with E-state index in [9.17, 15) is 10.1 Å². The molecule has 0 saturated carbocycles. The molecule has 1 aromatic rings. The van der Waals surface area contributed by atoms with Crippen LogP contribution in [0.2, 0.25) is 0 Å². The van der Waals surface area contributed by atoms with Crippen LogP contribution in [-0.4, -0.2) is 34.5 Å². The molecule has 0 saturated heterocycles. The Morgan fingerprint density at radius 2 is 2.32 bits per heavy atom. The normalized spacial score (nSPS) is 10.4. The number of anilines is 1. The lowest BCUT2D eigenvalue weighted by Gasteiger charge is -2.06. The zero-order chi connectivity index (χ0) is 14.3. The first-order valence-corrected chi connectivity index (χ1v) is 6.24. The van der Waals surface area contributed by atoms with Gasteiger partial charge in [0, 0.05) is 13.6 Å². The fourth-order valence-electron chi connectivity index (χ4n) is 1.71. The first-order chi connectivity index (χ1) is 9.11. The van der Waals surface area contributed by atoms with E-state index in [1.807, 2.05) is 6.92 Å². The first kappa shape index (κ1) is 15.2. The lowest BCUT2D eigenvalue weighted by atomic mass is 10.3. The van der Waals surface area contributed by atoms with Crippen molar-refractivity contribution in [3.05, 3.63) is 28.5 Å². The molecule has 0 spiro atoms. The van der Waals surface area contributed by atoms with Gasteiger partial charge < -0.3 is 10.1 Å². The van der Waals surface area contributed by atoms with Gasteiger partial charge in [0.15, 0.2) is 0 Å². The molecule has 0 atom stereocenters. The third-order valence-electron chi connectivity index (χ3n) is 2.61. The Bertz CT molecular complexity index is 442. The van der Waals surface area contributed by atoms with Crippen LogP contribution in [0.4, 0.5) is 11.5 Å². The van der Waals surface area contributed by atoms with Crippen LogP contribution >= 0.6 is 0 Å². The highest BCUT2D eigenvalue weighted by Gasteiger charge is 2.24. The van der Waals surface area contributed by atoms with Crippen molar-refractivity contribution >= 4 is 11.5 Å². The molecule has 0 unspecified atom stereocenters. The summed E-state index contributed by atoms with van der Waals surface area (Å²) in [6.07, 6.45) is 3.11. The summed E-state index contributed by atoms with van der Waals surface area (Å²) in [7, 11) is 1.69. The number of rotatable bonds is 9. The van der Waals surface area contributed by atoms with Gasteiger partial charge >= 0.3 is 5.69 Å². The Labute approximate surface area is 112 Å². The molecular formula is C12H20N4O3. The maximum absolute atomic E-state index is 11.1. The molecule has 0 bridgehead atoms. The van der Waals surface area contributed by atoms with Crippen LogP contribution in [0.25, 0.3) is 0 Å². The number of hydrogen-bond acceptors (Lipinski definition) is 5. The Morgan fingerprint density at radius 3 is 2.89 bits per heavy atom. The molecule has 7 heteroatoms. The standard InChI is InChI=1S/C12H20N4O3/c1-4-6-8-19-9-7-13-12-11(16(17)18)10(5-2)14-15(12)3/h4,13H,1,5-9H2,2-3H3. The van der Waals surface area contributed by atoms with Gasteiger partial charge in [-0.1, -0.05) is 13.0 Å². The Balaban J connectivity index is 2.59. The number of nitrogens with one attached hydrogen (secondary N) is 1. The summed E-state index contributed by atoms with van der Waals surface area (Å²) in [5, 5.41) is 18.2. The predicted molar refractivity (Wildman–Crippen MR) is 73.4 cm³/mol. The van der Waals surface area contributed by atoms with Crippen molar-refractivity contribution in [3.8, 4) is 0 Å². The number of ether oxygens (including phenoxy) is 1. The van der Waals surface area contributed by atoms with Crippen LogP contribution in [0.3, 0.4) is 0 Å². The van der Waals surface area contributed by atoms with E-state index in [0.717, 1.165) is 6.42 Å². The lowest BCUT2D eigenvalue weighted by molar-refractivity contribution is -0.384. The minimum Gasteiger partial charge on any atom is -0.379 e. The molecule has 0 amide bonds. The second-order valence-electron chi connectivity index (χ2n) is 3.99. The molecule has 1 rings (SSSR count). The summed E-state index contributed by atoms with van der Waals surface area (Å²) in [5.41, 5.74) is 0.540. The van der Waals surface area contributed by atoms with Crippen molar-refractivity contribution in [1.82, 2.24) is 9.78 Å². The van der Waals surface area contributed by atoms with Crippen LogP contribution in [-0.2, 0) is 18.2 Å². The van der Waals surface area contributed by atoms with Gasteiger partial charge in [-0.15, -0.1) is 6.58 Å². The van der Waals surface area contributed by atoms with Crippen molar-refractivity contribution in [2.24, 2.45) is 7.05 Å². The van der Waals surface area contributed by atoms with Gasteiger partial charge in [0.1, 0.15) is 5.69 Å². The van der Waals surface area contributed by atoms with Gasteiger partial charge in [-0.05, 0) is 12.8 Å². The van der Waals surface area contributed by atoms with E-state index < -0.39 is 4.92 Å². The van der Waals surface area contributed by atoms with Crippen molar-refractivity contribution in [3.63, 3.8) is 0 Å². The monoisotopic (exact) mass is 268 g/mol. The second-order valence-corrected chi connectivity index (χ2v) is 3.99. The van der Waals surface area contributed by atoms with Crippen LogP contribution < -0.4 is 5.32 Å². The van der Waals surface area contributed by atoms with Gasteiger partial charge in [0.2, 0.25) is 5.82 Å². The number of nitrogens with zero attached hydrogens (tertiary/aromatic N) is 3. The molecule has 0 aliphatic heterocycles. The minimum absolute atomic E-state index is 0.0519. The molecular weight excluding hydrogens is 248 g/mol. The van der Waals surface area contributed by atoms with E-state index in [0.29, 0.717) is 37.7 Å². The second kappa shape index (κ2) is 7.52. The third kappa shape index (κ3) is 4.06. The van der Waals surface area contributed by atoms with Crippen LogP contribution in [0.15, 0.2) is 12.7 Å². The molecule has 0 aliphatic carbocycles.